The number of rotatable bonds is 3. The first-order valence-electron chi connectivity index (χ1n) is 10.3. The Hall–Kier alpha value is -3.13. The van der Waals surface area contributed by atoms with E-state index in [2.05, 4.69) is 44.3 Å². The van der Waals surface area contributed by atoms with Crippen molar-refractivity contribution in [2.75, 3.05) is 25.5 Å². The zero-order valence-corrected chi connectivity index (χ0v) is 17.0. The molecular formula is C23H22F3N5. The molecule has 2 aromatic carbocycles. The van der Waals surface area contributed by atoms with E-state index in [0.29, 0.717) is 28.6 Å². The minimum atomic E-state index is -4.37. The maximum Gasteiger partial charge on any atom is 0.416 e. The number of alkyl halides is 3. The van der Waals surface area contributed by atoms with Crippen LogP contribution in [-0.4, -0.2) is 40.0 Å². The molecule has 5 nitrogen and oxygen atoms in total. The molecule has 160 valence electrons. The molecule has 0 saturated carbocycles. The van der Waals surface area contributed by atoms with Gasteiger partial charge < -0.3 is 15.2 Å². The van der Waals surface area contributed by atoms with Crippen molar-refractivity contribution >= 4 is 33.7 Å². The molecule has 1 saturated heterocycles. The lowest BCUT2D eigenvalue weighted by Gasteiger charge is -2.29. The van der Waals surface area contributed by atoms with Crippen molar-refractivity contribution in [2.24, 2.45) is 0 Å². The lowest BCUT2D eigenvalue weighted by molar-refractivity contribution is -0.137. The van der Waals surface area contributed by atoms with E-state index in [1.807, 2.05) is 6.07 Å². The number of likely N-dealkylation sites (tertiary alicyclic amines) is 1. The third kappa shape index (κ3) is 4.07. The van der Waals surface area contributed by atoms with Gasteiger partial charge in [-0.05, 0) is 86.9 Å². The summed E-state index contributed by atoms with van der Waals surface area (Å²) < 4.78 is 38.7. The van der Waals surface area contributed by atoms with Gasteiger partial charge in [-0.3, -0.25) is 0 Å². The number of pyridine rings is 1. The molecule has 2 aromatic heterocycles. The van der Waals surface area contributed by atoms with Crippen molar-refractivity contribution < 1.29 is 13.2 Å². The summed E-state index contributed by atoms with van der Waals surface area (Å²) in [4.78, 5) is 14.6. The van der Waals surface area contributed by atoms with Crippen LogP contribution in [0.4, 0.5) is 24.9 Å². The average Bonchev–Trinajstić information content (AvgIpc) is 3.14. The average molecular weight is 425 g/mol. The topological polar surface area (TPSA) is 56.8 Å². The van der Waals surface area contributed by atoms with Crippen LogP contribution in [0.15, 0.2) is 48.5 Å². The van der Waals surface area contributed by atoms with E-state index in [-0.39, 0.29) is 0 Å². The molecule has 0 atom stereocenters. The minimum absolute atomic E-state index is 0.438. The first kappa shape index (κ1) is 19.8. The quantitative estimate of drug-likeness (QED) is 0.443. The minimum Gasteiger partial charge on any atom is -0.324 e. The van der Waals surface area contributed by atoms with Crippen LogP contribution >= 0.6 is 0 Å². The molecule has 0 radical (unpaired) electrons. The lowest BCUT2D eigenvalue weighted by Crippen LogP contribution is -2.29. The standard InChI is InChI=1S/C23H22F3N5/c1-31-10-8-14(9-11-31)15-2-5-19-20(13-15)29-22(28-19)30-21-7-3-16-12-17(23(24,25)26)4-6-18(16)27-21/h2-7,12-14H,8-11H2,1H3,(H2,27,28,29,30). The van der Waals surface area contributed by atoms with E-state index in [0.717, 1.165) is 49.1 Å². The Morgan fingerprint density at radius 3 is 2.52 bits per heavy atom. The van der Waals surface area contributed by atoms with E-state index >= 15 is 0 Å². The van der Waals surface area contributed by atoms with Gasteiger partial charge in [-0.25, -0.2) is 9.97 Å². The number of piperidine rings is 1. The van der Waals surface area contributed by atoms with E-state index < -0.39 is 11.7 Å². The van der Waals surface area contributed by atoms with Gasteiger partial charge >= 0.3 is 6.18 Å². The number of H-pyrrole nitrogens is 1. The molecule has 1 aliphatic heterocycles. The van der Waals surface area contributed by atoms with Crippen molar-refractivity contribution in [3.63, 3.8) is 0 Å². The van der Waals surface area contributed by atoms with Gasteiger partial charge in [-0.1, -0.05) is 6.07 Å². The van der Waals surface area contributed by atoms with E-state index in [9.17, 15) is 13.2 Å². The van der Waals surface area contributed by atoms with Crippen LogP contribution in [0.1, 0.15) is 29.9 Å². The highest BCUT2D eigenvalue weighted by atomic mass is 19.4. The second-order valence-electron chi connectivity index (χ2n) is 8.17. The number of nitrogens with zero attached hydrogens (tertiary/aromatic N) is 3. The smallest absolute Gasteiger partial charge is 0.324 e. The zero-order valence-electron chi connectivity index (χ0n) is 17.0. The molecule has 2 N–H and O–H groups in total. The lowest BCUT2D eigenvalue weighted by atomic mass is 9.89. The highest BCUT2D eigenvalue weighted by Crippen LogP contribution is 2.32. The third-order valence-electron chi connectivity index (χ3n) is 5.96. The van der Waals surface area contributed by atoms with Crippen molar-refractivity contribution in [3.05, 3.63) is 59.7 Å². The number of aromatic amines is 1. The molecule has 0 bridgehead atoms. The molecule has 5 rings (SSSR count). The SMILES string of the molecule is CN1CCC(c2ccc3nc(Nc4ccc5cc(C(F)(F)F)ccc5n4)[nH]c3c2)CC1. The van der Waals surface area contributed by atoms with Crippen molar-refractivity contribution in [3.8, 4) is 0 Å². The Labute approximate surface area is 177 Å². The second kappa shape index (κ2) is 7.53. The van der Waals surface area contributed by atoms with Gasteiger partial charge in [0.1, 0.15) is 5.82 Å². The van der Waals surface area contributed by atoms with Crippen LogP contribution in [0.2, 0.25) is 0 Å². The van der Waals surface area contributed by atoms with E-state index in [1.54, 1.807) is 12.1 Å². The summed E-state index contributed by atoms with van der Waals surface area (Å²) in [5, 5.41) is 3.57. The van der Waals surface area contributed by atoms with Gasteiger partial charge in [-0.2, -0.15) is 13.2 Å². The predicted molar refractivity (Wildman–Crippen MR) is 116 cm³/mol. The molecule has 0 spiro atoms. The number of aromatic nitrogens is 3. The number of halogens is 3. The molecule has 1 fully saturated rings. The number of fused-ring (bicyclic) bond motifs is 2. The monoisotopic (exact) mass is 425 g/mol. The van der Waals surface area contributed by atoms with Crippen molar-refractivity contribution in [1.29, 1.82) is 0 Å². The van der Waals surface area contributed by atoms with Gasteiger partial charge in [0, 0.05) is 5.39 Å². The van der Waals surface area contributed by atoms with Crippen LogP contribution in [0.5, 0.6) is 0 Å². The van der Waals surface area contributed by atoms with Crippen molar-refractivity contribution in [2.45, 2.75) is 24.9 Å². The molecule has 0 unspecified atom stereocenters. The maximum atomic E-state index is 12.9. The number of benzene rings is 2. The third-order valence-corrected chi connectivity index (χ3v) is 5.96. The molecule has 4 aromatic rings. The van der Waals surface area contributed by atoms with Gasteiger partial charge in [-0.15, -0.1) is 0 Å². The molecule has 3 heterocycles. The first-order chi connectivity index (χ1) is 14.8. The molecule has 0 amide bonds. The second-order valence-corrected chi connectivity index (χ2v) is 8.17. The molecular weight excluding hydrogens is 403 g/mol. The first-order valence-corrected chi connectivity index (χ1v) is 10.3. The normalized spacial score (nSPS) is 16.3. The van der Waals surface area contributed by atoms with Gasteiger partial charge in [0.05, 0.1) is 22.1 Å². The van der Waals surface area contributed by atoms with E-state index in [4.69, 9.17) is 0 Å². The number of nitrogens with one attached hydrogen (secondary N) is 2. The van der Waals surface area contributed by atoms with Crippen LogP contribution in [-0.2, 0) is 6.18 Å². The number of hydrogen-bond acceptors (Lipinski definition) is 4. The van der Waals surface area contributed by atoms with Crippen LogP contribution in [0.3, 0.4) is 0 Å². The summed E-state index contributed by atoms with van der Waals surface area (Å²) >= 11 is 0. The number of hydrogen-bond donors (Lipinski definition) is 2. The fourth-order valence-electron chi connectivity index (χ4n) is 4.18. The number of imidazole rings is 1. The number of anilines is 2. The van der Waals surface area contributed by atoms with E-state index in [1.165, 1.54) is 11.6 Å². The van der Waals surface area contributed by atoms with Gasteiger partial charge in [0.15, 0.2) is 0 Å². The van der Waals surface area contributed by atoms with Gasteiger partial charge in [0.2, 0.25) is 5.95 Å². The molecule has 0 aliphatic carbocycles. The highest BCUT2D eigenvalue weighted by Gasteiger charge is 2.30. The van der Waals surface area contributed by atoms with Gasteiger partial charge in [0.25, 0.3) is 0 Å². The predicted octanol–water partition coefficient (Wildman–Crippen LogP) is 5.68. The van der Waals surface area contributed by atoms with Crippen LogP contribution in [0, 0.1) is 0 Å². The summed E-state index contributed by atoms with van der Waals surface area (Å²) in [6.45, 7) is 2.22. The Morgan fingerprint density at radius 2 is 1.74 bits per heavy atom. The Balaban J connectivity index is 1.37. The molecule has 1 aliphatic rings. The van der Waals surface area contributed by atoms with Crippen LogP contribution < -0.4 is 5.32 Å². The maximum absolute atomic E-state index is 12.9. The fourth-order valence-corrected chi connectivity index (χ4v) is 4.18. The molecule has 31 heavy (non-hydrogen) atoms. The largest absolute Gasteiger partial charge is 0.416 e. The zero-order chi connectivity index (χ0) is 21.6. The molecule has 8 heteroatoms. The fraction of sp³-hybridized carbons (Fsp3) is 0.304. The van der Waals surface area contributed by atoms with Crippen LogP contribution in [0.25, 0.3) is 21.9 Å². The highest BCUT2D eigenvalue weighted by molar-refractivity contribution is 5.82. The van der Waals surface area contributed by atoms with Crippen molar-refractivity contribution in [1.82, 2.24) is 19.9 Å². The summed E-state index contributed by atoms with van der Waals surface area (Å²) in [5.74, 6) is 1.63. The Kier molecular flexibility index (Phi) is 4.81. The summed E-state index contributed by atoms with van der Waals surface area (Å²) in [6, 6.07) is 13.2. The Morgan fingerprint density at radius 1 is 0.968 bits per heavy atom. The summed E-state index contributed by atoms with van der Waals surface area (Å²) in [7, 11) is 2.16. The Bertz CT molecular complexity index is 1240. The summed E-state index contributed by atoms with van der Waals surface area (Å²) in [5.41, 5.74) is 2.93. The summed E-state index contributed by atoms with van der Waals surface area (Å²) in [6.07, 6.45) is -2.07.